The van der Waals surface area contributed by atoms with E-state index < -0.39 is 10.8 Å². The fourth-order valence-electron chi connectivity index (χ4n) is 1.85. The topological polar surface area (TPSA) is 81.5 Å². The van der Waals surface area contributed by atoms with Crippen molar-refractivity contribution < 1.29 is 14.5 Å². The Balaban J connectivity index is 1.96. The van der Waals surface area contributed by atoms with Crippen molar-refractivity contribution in [2.45, 2.75) is 6.92 Å². The molecule has 2 aromatic rings. The Bertz CT molecular complexity index is 765. The van der Waals surface area contributed by atoms with Gasteiger partial charge >= 0.3 is 0 Å². The first kappa shape index (κ1) is 17.1. The van der Waals surface area contributed by atoms with Crippen LogP contribution in [0.1, 0.15) is 5.56 Å². The molecule has 0 bridgehead atoms. The van der Waals surface area contributed by atoms with Gasteiger partial charge < -0.3 is 10.1 Å². The van der Waals surface area contributed by atoms with E-state index in [1.54, 1.807) is 19.1 Å². The lowest BCUT2D eigenvalue weighted by Gasteiger charge is -2.09. The summed E-state index contributed by atoms with van der Waals surface area (Å²) in [5.41, 5.74) is 0.868. The van der Waals surface area contributed by atoms with Crippen LogP contribution in [-0.4, -0.2) is 17.4 Å². The zero-order chi connectivity index (χ0) is 17.0. The molecule has 1 amide bonds. The second kappa shape index (κ2) is 7.30. The number of carbonyl (C=O) groups excluding carboxylic acids is 1. The number of benzene rings is 2. The van der Waals surface area contributed by atoms with Gasteiger partial charge in [0, 0.05) is 16.7 Å². The number of anilines is 1. The van der Waals surface area contributed by atoms with Gasteiger partial charge in [-0.25, -0.2) is 0 Å². The molecule has 0 radical (unpaired) electrons. The SMILES string of the molecule is Cc1cc(OCC(=O)Nc2ccc(Cl)cc2Cl)ccc1[N+](=O)[O-]. The van der Waals surface area contributed by atoms with E-state index >= 15 is 0 Å². The van der Waals surface area contributed by atoms with Gasteiger partial charge in [0.05, 0.1) is 15.6 Å². The Morgan fingerprint density at radius 3 is 2.61 bits per heavy atom. The quantitative estimate of drug-likeness (QED) is 0.643. The number of nitrogens with one attached hydrogen (secondary N) is 1. The minimum absolute atomic E-state index is 0.00486. The van der Waals surface area contributed by atoms with E-state index in [0.29, 0.717) is 27.0 Å². The van der Waals surface area contributed by atoms with Gasteiger partial charge in [0.15, 0.2) is 6.61 Å². The summed E-state index contributed by atoms with van der Waals surface area (Å²) in [5, 5.41) is 14.1. The summed E-state index contributed by atoms with van der Waals surface area (Å²) in [7, 11) is 0. The zero-order valence-corrected chi connectivity index (χ0v) is 13.5. The van der Waals surface area contributed by atoms with Crippen LogP contribution in [0.15, 0.2) is 36.4 Å². The van der Waals surface area contributed by atoms with Gasteiger partial charge in [0.2, 0.25) is 0 Å². The van der Waals surface area contributed by atoms with Crippen molar-refractivity contribution in [3.05, 3.63) is 62.1 Å². The Kier molecular flexibility index (Phi) is 5.41. The van der Waals surface area contributed by atoms with Crippen LogP contribution in [0.2, 0.25) is 10.0 Å². The molecule has 1 N–H and O–H groups in total. The highest BCUT2D eigenvalue weighted by Crippen LogP contribution is 2.26. The highest BCUT2D eigenvalue weighted by atomic mass is 35.5. The minimum atomic E-state index is -0.478. The van der Waals surface area contributed by atoms with Crippen molar-refractivity contribution in [2.75, 3.05) is 11.9 Å². The first-order valence-electron chi connectivity index (χ1n) is 6.49. The smallest absolute Gasteiger partial charge is 0.272 e. The lowest BCUT2D eigenvalue weighted by molar-refractivity contribution is -0.385. The molecule has 2 aromatic carbocycles. The largest absolute Gasteiger partial charge is 0.484 e. The molecule has 120 valence electrons. The molecule has 23 heavy (non-hydrogen) atoms. The average Bonchev–Trinajstić information content (AvgIpc) is 2.48. The number of rotatable bonds is 5. The molecule has 0 saturated heterocycles. The summed E-state index contributed by atoms with van der Waals surface area (Å²) in [6.45, 7) is 1.34. The molecule has 0 aromatic heterocycles. The maximum Gasteiger partial charge on any atom is 0.272 e. The normalized spacial score (nSPS) is 10.2. The first-order valence-corrected chi connectivity index (χ1v) is 7.25. The molecule has 0 aliphatic heterocycles. The van der Waals surface area contributed by atoms with Crippen molar-refractivity contribution in [1.82, 2.24) is 0 Å². The lowest BCUT2D eigenvalue weighted by atomic mass is 10.2. The summed E-state index contributed by atoms with van der Waals surface area (Å²) in [6, 6.07) is 8.97. The molecule has 0 aliphatic carbocycles. The number of ether oxygens (including phenoxy) is 1. The summed E-state index contributed by atoms with van der Waals surface area (Å²) in [4.78, 5) is 22.1. The molecule has 0 spiro atoms. The molecule has 8 heteroatoms. The third kappa shape index (κ3) is 4.58. The third-order valence-electron chi connectivity index (χ3n) is 2.94. The molecule has 0 saturated carbocycles. The number of nitro groups is 1. The van der Waals surface area contributed by atoms with Crippen LogP contribution in [0.25, 0.3) is 0 Å². The molecular formula is C15H12Cl2N2O4. The van der Waals surface area contributed by atoms with Gasteiger partial charge in [-0.05, 0) is 37.3 Å². The van der Waals surface area contributed by atoms with Gasteiger partial charge in [0.1, 0.15) is 5.75 Å². The molecule has 2 rings (SSSR count). The predicted molar refractivity (Wildman–Crippen MR) is 88.4 cm³/mol. The number of hydrogen-bond acceptors (Lipinski definition) is 4. The number of nitro benzene ring substituents is 1. The van der Waals surface area contributed by atoms with E-state index in [-0.39, 0.29) is 12.3 Å². The molecule has 0 unspecified atom stereocenters. The number of carbonyl (C=O) groups is 1. The van der Waals surface area contributed by atoms with Crippen molar-refractivity contribution >= 4 is 40.5 Å². The van der Waals surface area contributed by atoms with Crippen LogP contribution in [-0.2, 0) is 4.79 Å². The number of aryl methyl sites for hydroxylation is 1. The average molecular weight is 355 g/mol. The Labute approximate surface area is 142 Å². The molecular weight excluding hydrogens is 343 g/mol. The summed E-state index contributed by atoms with van der Waals surface area (Å²) in [6.07, 6.45) is 0. The van der Waals surface area contributed by atoms with Crippen LogP contribution in [0.4, 0.5) is 11.4 Å². The number of hydrogen-bond donors (Lipinski definition) is 1. The van der Waals surface area contributed by atoms with Crippen LogP contribution < -0.4 is 10.1 Å². The maximum absolute atomic E-state index is 11.8. The molecule has 0 fully saturated rings. The van der Waals surface area contributed by atoms with Crippen molar-refractivity contribution in [3.63, 3.8) is 0 Å². The molecule has 0 aliphatic rings. The highest BCUT2D eigenvalue weighted by molar-refractivity contribution is 6.36. The third-order valence-corrected chi connectivity index (χ3v) is 3.49. The maximum atomic E-state index is 11.8. The number of nitrogens with zero attached hydrogens (tertiary/aromatic N) is 1. The highest BCUT2D eigenvalue weighted by Gasteiger charge is 2.12. The van der Waals surface area contributed by atoms with Gasteiger partial charge in [-0.15, -0.1) is 0 Å². The van der Waals surface area contributed by atoms with E-state index in [1.807, 2.05) is 0 Å². The Morgan fingerprint density at radius 2 is 2.00 bits per heavy atom. The minimum Gasteiger partial charge on any atom is -0.484 e. The van der Waals surface area contributed by atoms with Gasteiger partial charge in [-0.2, -0.15) is 0 Å². The predicted octanol–water partition coefficient (Wildman–Crippen LogP) is 4.23. The number of halogens is 2. The Morgan fingerprint density at radius 1 is 1.26 bits per heavy atom. The fraction of sp³-hybridized carbons (Fsp3) is 0.133. The van der Waals surface area contributed by atoms with Crippen LogP contribution in [0.5, 0.6) is 5.75 Å². The first-order chi connectivity index (χ1) is 10.9. The van der Waals surface area contributed by atoms with Gasteiger partial charge in [0.25, 0.3) is 11.6 Å². The summed E-state index contributed by atoms with van der Waals surface area (Å²) < 4.78 is 5.32. The van der Waals surface area contributed by atoms with Crippen LogP contribution in [0, 0.1) is 17.0 Å². The van der Waals surface area contributed by atoms with E-state index in [2.05, 4.69) is 5.32 Å². The van der Waals surface area contributed by atoms with Gasteiger partial charge in [-0.1, -0.05) is 23.2 Å². The van der Waals surface area contributed by atoms with Crippen molar-refractivity contribution in [3.8, 4) is 5.75 Å². The zero-order valence-electron chi connectivity index (χ0n) is 12.0. The van der Waals surface area contributed by atoms with Crippen molar-refractivity contribution in [2.24, 2.45) is 0 Å². The van der Waals surface area contributed by atoms with Gasteiger partial charge in [-0.3, -0.25) is 14.9 Å². The van der Waals surface area contributed by atoms with E-state index in [0.717, 1.165) is 0 Å². The molecule has 6 nitrogen and oxygen atoms in total. The fourth-order valence-corrected chi connectivity index (χ4v) is 2.30. The standard InChI is InChI=1S/C15H12Cl2N2O4/c1-9-6-11(3-5-14(9)19(21)22)23-8-15(20)18-13-4-2-10(16)7-12(13)17/h2-7H,8H2,1H3,(H,18,20). The summed E-state index contributed by atoms with van der Waals surface area (Å²) in [5.74, 6) is -0.0457. The second-order valence-electron chi connectivity index (χ2n) is 4.67. The Hall–Kier alpha value is -2.31. The summed E-state index contributed by atoms with van der Waals surface area (Å²) >= 11 is 11.7. The van der Waals surface area contributed by atoms with Crippen LogP contribution in [0.3, 0.4) is 0 Å². The van der Waals surface area contributed by atoms with E-state index in [9.17, 15) is 14.9 Å². The van der Waals surface area contributed by atoms with E-state index in [1.165, 1.54) is 24.3 Å². The monoisotopic (exact) mass is 354 g/mol. The van der Waals surface area contributed by atoms with Crippen LogP contribution >= 0.6 is 23.2 Å². The lowest BCUT2D eigenvalue weighted by Crippen LogP contribution is -2.20. The molecule has 0 atom stereocenters. The van der Waals surface area contributed by atoms with E-state index in [4.69, 9.17) is 27.9 Å². The molecule has 0 heterocycles. The van der Waals surface area contributed by atoms with Crippen molar-refractivity contribution in [1.29, 1.82) is 0 Å². The second-order valence-corrected chi connectivity index (χ2v) is 5.51. The number of amides is 1.